The summed E-state index contributed by atoms with van der Waals surface area (Å²) in [7, 11) is 0. The van der Waals surface area contributed by atoms with E-state index in [0.29, 0.717) is 10.8 Å². The molecule has 110 valence electrons. The summed E-state index contributed by atoms with van der Waals surface area (Å²) in [5, 5.41) is 12.2. The van der Waals surface area contributed by atoms with Crippen molar-refractivity contribution >= 4 is 23.5 Å². The van der Waals surface area contributed by atoms with Crippen LogP contribution in [-0.4, -0.2) is 17.5 Å². The maximum Gasteiger partial charge on any atom is 0.140 e. The molecule has 0 aliphatic heterocycles. The van der Waals surface area contributed by atoms with Crippen LogP contribution in [0.4, 0.5) is 10.1 Å². The lowest BCUT2D eigenvalue weighted by atomic mass is 10.2. The molecule has 0 radical (unpaired) electrons. The van der Waals surface area contributed by atoms with Crippen LogP contribution in [0, 0.1) is 11.7 Å². The second-order valence-corrected chi connectivity index (χ2v) is 5.62. The zero-order chi connectivity index (χ0) is 15.1. The number of hydrogen-bond donors (Lipinski definition) is 3. The third kappa shape index (κ3) is 5.97. The number of nitrogens with two attached hydrogens (primary N) is 1. The molecule has 6 heteroatoms. The molecule has 20 heavy (non-hydrogen) atoms. The van der Waals surface area contributed by atoms with Crippen LogP contribution in [-0.2, 0) is 0 Å². The van der Waals surface area contributed by atoms with Crippen LogP contribution < -0.4 is 11.1 Å². The highest BCUT2D eigenvalue weighted by molar-refractivity contribution is 7.98. The molecule has 0 spiro atoms. The molecule has 0 saturated heterocycles. The van der Waals surface area contributed by atoms with Crippen molar-refractivity contribution in [2.45, 2.75) is 25.7 Å². The number of allylic oxidation sites excluding steroid dienone is 1. The number of nitrogens with one attached hydrogen (secondary N) is 1. The quantitative estimate of drug-likeness (QED) is 0.324. The highest BCUT2D eigenvalue weighted by Gasteiger charge is 2.05. The van der Waals surface area contributed by atoms with E-state index in [1.807, 2.05) is 0 Å². The number of anilines is 1. The molecule has 0 aromatic heterocycles. The normalized spacial score (nSPS) is 12.8. The highest BCUT2D eigenvalue weighted by atomic mass is 32.2. The van der Waals surface area contributed by atoms with Crippen LogP contribution in [0.25, 0.3) is 0 Å². The molecule has 0 bridgehead atoms. The van der Waals surface area contributed by atoms with Crippen LogP contribution in [0.3, 0.4) is 0 Å². The van der Waals surface area contributed by atoms with E-state index in [0.717, 1.165) is 24.2 Å². The van der Waals surface area contributed by atoms with E-state index < -0.39 is 0 Å². The first-order valence-electron chi connectivity index (χ1n) is 6.29. The highest BCUT2D eigenvalue weighted by Crippen LogP contribution is 2.25. The summed E-state index contributed by atoms with van der Waals surface area (Å²) < 4.78 is 17.8. The van der Waals surface area contributed by atoms with Gasteiger partial charge in [0, 0.05) is 30.3 Å². The Hall–Kier alpha value is -1.69. The number of hydrogen-bond acceptors (Lipinski definition) is 4. The number of aliphatic hydroxyl groups is 1. The van der Waals surface area contributed by atoms with Gasteiger partial charge in [0.15, 0.2) is 0 Å². The Bertz CT molecular complexity index is 511. The fourth-order valence-electron chi connectivity index (χ4n) is 1.35. The Morgan fingerprint density at radius 3 is 2.80 bits per heavy atom. The van der Waals surface area contributed by atoms with Gasteiger partial charge in [-0.2, -0.15) is 4.40 Å². The zero-order valence-electron chi connectivity index (χ0n) is 11.9. The minimum absolute atomic E-state index is 0.0561. The molecule has 1 aromatic rings. The Balaban J connectivity index is 2.71. The third-order valence-electron chi connectivity index (χ3n) is 2.25. The van der Waals surface area contributed by atoms with Gasteiger partial charge in [-0.3, -0.25) is 0 Å². The van der Waals surface area contributed by atoms with Gasteiger partial charge in [-0.25, -0.2) is 4.39 Å². The summed E-state index contributed by atoms with van der Waals surface area (Å²) in [5.41, 5.74) is 6.28. The van der Waals surface area contributed by atoms with Crippen molar-refractivity contribution in [2.24, 2.45) is 16.0 Å². The summed E-state index contributed by atoms with van der Waals surface area (Å²) >= 11 is 0.935. The van der Waals surface area contributed by atoms with E-state index in [1.54, 1.807) is 12.1 Å². The van der Waals surface area contributed by atoms with Crippen molar-refractivity contribution in [2.75, 3.05) is 11.9 Å². The Kier molecular flexibility index (Phi) is 6.38. The van der Waals surface area contributed by atoms with Crippen molar-refractivity contribution < 1.29 is 9.50 Å². The summed E-state index contributed by atoms with van der Waals surface area (Å²) in [6.45, 7) is 6.45. The molecule has 4 N–H and O–H groups in total. The van der Waals surface area contributed by atoms with Gasteiger partial charge in [0.25, 0.3) is 0 Å². The first-order valence-corrected chi connectivity index (χ1v) is 7.07. The summed E-state index contributed by atoms with van der Waals surface area (Å²) in [5.74, 6) is 0.326. The van der Waals surface area contributed by atoms with Crippen molar-refractivity contribution in [1.29, 1.82) is 0 Å². The third-order valence-corrected chi connectivity index (χ3v) is 3.08. The van der Waals surface area contributed by atoms with Crippen molar-refractivity contribution in [3.05, 3.63) is 35.9 Å². The number of nitrogens with zero attached hydrogens (tertiary/aromatic N) is 1. The number of benzene rings is 1. The van der Waals surface area contributed by atoms with Crippen LogP contribution in [0.5, 0.6) is 0 Å². The summed E-state index contributed by atoms with van der Waals surface area (Å²) in [6, 6.07) is 4.88. The van der Waals surface area contributed by atoms with E-state index in [2.05, 4.69) is 23.6 Å². The van der Waals surface area contributed by atoms with Crippen molar-refractivity contribution in [3.8, 4) is 0 Å². The minimum Gasteiger partial charge on any atom is -0.512 e. The minimum atomic E-state index is -0.356. The second-order valence-electron chi connectivity index (χ2n) is 4.81. The fourth-order valence-corrected chi connectivity index (χ4v) is 1.88. The van der Waals surface area contributed by atoms with E-state index in [-0.39, 0.29) is 17.4 Å². The first kappa shape index (κ1) is 16.4. The van der Waals surface area contributed by atoms with Crippen molar-refractivity contribution in [3.63, 3.8) is 0 Å². The van der Waals surface area contributed by atoms with E-state index in [1.165, 1.54) is 19.1 Å². The molecular weight excluding hydrogens is 277 g/mol. The average molecular weight is 297 g/mol. The standard InChI is InChI=1S/C14H20FN3OS/c1-9(2)8-17-11-4-5-13(12(15)7-11)20-18-14(16)6-10(3)19/h4-7,9,17,19H,8H2,1-3H3,(H2,16,18)/b10-6-. The van der Waals surface area contributed by atoms with Gasteiger partial charge < -0.3 is 16.2 Å². The molecule has 0 unspecified atom stereocenters. The van der Waals surface area contributed by atoms with Gasteiger partial charge >= 0.3 is 0 Å². The largest absolute Gasteiger partial charge is 0.512 e. The Morgan fingerprint density at radius 2 is 2.25 bits per heavy atom. The first-order chi connectivity index (χ1) is 9.38. The lowest BCUT2D eigenvalue weighted by molar-refractivity contribution is 0.415. The number of rotatable bonds is 6. The van der Waals surface area contributed by atoms with Crippen molar-refractivity contribution in [1.82, 2.24) is 0 Å². The van der Waals surface area contributed by atoms with Crippen LogP contribution in [0.2, 0.25) is 0 Å². The van der Waals surface area contributed by atoms with Gasteiger partial charge in [-0.15, -0.1) is 0 Å². The van der Waals surface area contributed by atoms with Gasteiger partial charge in [0.2, 0.25) is 0 Å². The molecule has 0 amide bonds. The lowest BCUT2D eigenvalue weighted by Crippen LogP contribution is -2.08. The molecule has 0 aliphatic carbocycles. The summed E-state index contributed by atoms with van der Waals surface area (Å²) in [6.07, 6.45) is 1.31. The average Bonchev–Trinajstić information content (AvgIpc) is 2.34. The molecule has 0 saturated carbocycles. The SMILES string of the molecule is C/C(O)=C/C(N)=N\Sc1ccc(NCC(C)C)cc1F. The van der Waals surface area contributed by atoms with Crippen LogP contribution in [0.1, 0.15) is 20.8 Å². The predicted molar refractivity (Wildman–Crippen MR) is 83.6 cm³/mol. The smallest absolute Gasteiger partial charge is 0.140 e. The van der Waals surface area contributed by atoms with Crippen LogP contribution in [0.15, 0.2) is 39.3 Å². The molecule has 0 fully saturated rings. The number of halogens is 1. The fraction of sp³-hybridized carbons (Fsp3) is 0.357. The monoisotopic (exact) mass is 297 g/mol. The number of amidine groups is 1. The molecular formula is C14H20FN3OS. The zero-order valence-corrected chi connectivity index (χ0v) is 12.7. The molecule has 0 aliphatic rings. The van der Waals surface area contributed by atoms with Gasteiger partial charge in [-0.05, 0) is 31.0 Å². The Morgan fingerprint density at radius 1 is 1.55 bits per heavy atom. The molecule has 1 aromatic carbocycles. The second kappa shape index (κ2) is 7.79. The molecule has 0 atom stereocenters. The predicted octanol–water partition coefficient (Wildman–Crippen LogP) is 3.72. The van der Waals surface area contributed by atoms with Gasteiger partial charge in [0.1, 0.15) is 11.7 Å². The Labute approximate surface area is 123 Å². The van der Waals surface area contributed by atoms with Gasteiger partial charge in [0.05, 0.1) is 10.7 Å². The number of aliphatic hydroxyl groups excluding tert-OH is 1. The lowest BCUT2D eigenvalue weighted by Gasteiger charge is -2.09. The molecule has 0 heterocycles. The topological polar surface area (TPSA) is 70.6 Å². The molecule has 1 rings (SSSR count). The van der Waals surface area contributed by atoms with E-state index in [9.17, 15) is 4.39 Å². The summed E-state index contributed by atoms with van der Waals surface area (Å²) in [4.78, 5) is 0.382. The maximum absolute atomic E-state index is 13.9. The van der Waals surface area contributed by atoms with Gasteiger partial charge in [-0.1, -0.05) is 13.8 Å². The van der Waals surface area contributed by atoms with E-state index >= 15 is 0 Å². The van der Waals surface area contributed by atoms with Crippen LogP contribution >= 0.6 is 11.9 Å². The van der Waals surface area contributed by atoms with E-state index in [4.69, 9.17) is 10.8 Å². The molecule has 4 nitrogen and oxygen atoms in total. The maximum atomic E-state index is 13.9.